The second kappa shape index (κ2) is 6.24. The number of halogens is 1. The predicted octanol–water partition coefficient (Wildman–Crippen LogP) is 1.15. The van der Waals surface area contributed by atoms with Crippen LogP contribution < -0.4 is 4.72 Å². The van der Waals surface area contributed by atoms with E-state index in [-0.39, 0.29) is 15.2 Å². The van der Waals surface area contributed by atoms with E-state index in [1.807, 2.05) is 0 Å². The van der Waals surface area contributed by atoms with Gasteiger partial charge in [-0.25, -0.2) is 18.1 Å². The minimum Gasteiger partial charge on any atom is -0.260 e. The molecular formula is C8H13ClN2O3S3. The molecule has 0 fully saturated rings. The van der Waals surface area contributed by atoms with Gasteiger partial charge < -0.3 is 0 Å². The molecule has 1 atom stereocenters. The highest BCUT2D eigenvalue weighted by atomic mass is 35.5. The van der Waals surface area contributed by atoms with Crippen LogP contribution in [0.4, 0.5) is 0 Å². The maximum atomic E-state index is 11.8. The number of aryl methyl sites for hydroxylation is 1. The van der Waals surface area contributed by atoms with E-state index in [1.165, 1.54) is 0 Å². The summed E-state index contributed by atoms with van der Waals surface area (Å²) in [7, 11) is -4.45. The summed E-state index contributed by atoms with van der Waals surface area (Å²) in [6.07, 6.45) is 2.12. The lowest BCUT2D eigenvalue weighted by Gasteiger charge is -2.04. The highest BCUT2D eigenvalue weighted by Crippen LogP contribution is 2.26. The van der Waals surface area contributed by atoms with Crippen LogP contribution in [0.2, 0.25) is 4.47 Å². The Morgan fingerprint density at radius 3 is 2.65 bits per heavy atom. The Hall–Kier alpha value is -0.0200. The summed E-state index contributed by atoms with van der Waals surface area (Å²) in [5.74, 6) is 0.477. The molecule has 0 saturated heterocycles. The summed E-state index contributed by atoms with van der Waals surface area (Å²) >= 11 is 6.58. The molecule has 1 heterocycles. The molecular weight excluding hydrogens is 304 g/mol. The fourth-order valence-corrected chi connectivity index (χ4v) is 4.55. The van der Waals surface area contributed by atoms with Crippen LogP contribution in [-0.2, 0) is 20.8 Å². The van der Waals surface area contributed by atoms with Crippen LogP contribution in [-0.4, -0.2) is 36.2 Å². The summed E-state index contributed by atoms with van der Waals surface area (Å²) < 4.78 is 37.3. The average Bonchev–Trinajstić information content (AvgIpc) is 2.53. The van der Waals surface area contributed by atoms with E-state index in [4.69, 9.17) is 11.6 Å². The fourth-order valence-electron chi connectivity index (χ4n) is 1.15. The van der Waals surface area contributed by atoms with Crippen molar-refractivity contribution in [2.45, 2.75) is 17.6 Å². The molecule has 5 nitrogen and oxygen atoms in total. The Labute approximate surface area is 112 Å². The Morgan fingerprint density at radius 2 is 2.18 bits per heavy atom. The number of hydrogen-bond acceptors (Lipinski definition) is 5. The third kappa shape index (κ3) is 4.63. The second-order valence-corrected chi connectivity index (χ2v) is 8.47. The quantitative estimate of drug-likeness (QED) is 0.799. The molecule has 0 aliphatic carbocycles. The van der Waals surface area contributed by atoms with E-state index in [0.717, 1.165) is 11.3 Å². The largest absolute Gasteiger partial charge is 0.260 e. The first-order valence-corrected chi connectivity index (χ1v) is 9.16. The highest BCUT2D eigenvalue weighted by Gasteiger charge is 2.20. The van der Waals surface area contributed by atoms with Crippen LogP contribution in [0.25, 0.3) is 0 Å². The van der Waals surface area contributed by atoms with Gasteiger partial charge in [0.15, 0.2) is 8.68 Å². The Bertz CT molecular complexity index is 512. The van der Waals surface area contributed by atoms with Crippen LogP contribution >= 0.6 is 22.9 Å². The van der Waals surface area contributed by atoms with Crippen molar-refractivity contribution in [2.75, 3.05) is 18.6 Å². The molecule has 0 radical (unpaired) electrons. The van der Waals surface area contributed by atoms with Gasteiger partial charge in [0.1, 0.15) is 0 Å². The molecule has 0 spiro atoms. The maximum Gasteiger partial charge on any atom is 0.251 e. The van der Waals surface area contributed by atoms with E-state index >= 15 is 0 Å². The zero-order valence-electron chi connectivity index (χ0n) is 9.40. The first-order chi connectivity index (χ1) is 7.83. The standard InChI is InChI=1S/C8H13ClN2O3S3/c1-6-7(15-8(9)11-6)17(13,14)10-4-3-5-16(2)12/h10H,3-5H2,1-2H3. The third-order valence-corrected chi connectivity index (χ3v) is 6.07. The second-order valence-electron chi connectivity index (χ2n) is 3.37. The molecule has 1 unspecified atom stereocenters. The summed E-state index contributed by atoms with van der Waals surface area (Å²) in [6.45, 7) is 1.86. The van der Waals surface area contributed by atoms with Gasteiger partial charge in [0, 0.05) is 29.4 Å². The van der Waals surface area contributed by atoms with Gasteiger partial charge in [-0.05, 0) is 13.3 Å². The van der Waals surface area contributed by atoms with Crippen molar-refractivity contribution >= 4 is 43.8 Å². The molecule has 17 heavy (non-hydrogen) atoms. The minimum absolute atomic E-state index is 0.139. The van der Waals surface area contributed by atoms with Gasteiger partial charge in [0.05, 0.1) is 5.69 Å². The number of thiazole rings is 1. The Kier molecular flexibility index (Phi) is 5.52. The lowest BCUT2D eigenvalue weighted by atomic mass is 10.5. The summed E-state index contributed by atoms with van der Waals surface area (Å²) in [5.41, 5.74) is 0.395. The zero-order valence-corrected chi connectivity index (χ0v) is 12.6. The highest BCUT2D eigenvalue weighted by molar-refractivity contribution is 7.91. The van der Waals surface area contributed by atoms with E-state index < -0.39 is 20.8 Å². The van der Waals surface area contributed by atoms with Crippen LogP contribution in [0.1, 0.15) is 12.1 Å². The Morgan fingerprint density at radius 1 is 1.53 bits per heavy atom. The molecule has 9 heteroatoms. The van der Waals surface area contributed by atoms with E-state index in [0.29, 0.717) is 17.9 Å². The molecule has 0 aliphatic rings. The number of hydrogen-bond donors (Lipinski definition) is 1. The number of aromatic nitrogens is 1. The van der Waals surface area contributed by atoms with Gasteiger partial charge in [0.2, 0.25) is 0 Å². The molecule has 0 bridgehead atoms. The first kappa shape index (κ1) is 15.0. The molecule has 0 aromatic carbocycles. The van der Waals surface area contributed by atoms with Crippen molar-refractivity contribution in [1.29, 1.82) is 0 Å². The molecule has 0 saturated carbocycles. The molecule has 0 amide bonds. The normalized spacial score (nSPS) is 13.8. The monoisotopic (exact) mass is 316 g/mol. The van der Waals surface area contributed by atoms with Crippen LogP contribution in [0.15, 0.2) is 4.21 Å². The molecule has 1 aromatic heterocycles. The number of nitrogens with one attached hydrogen (secondary N) is 1. The third-order valence-electron chi connectivity index (χ3n) is 1.87. The number of rotatable bonds is 6. The average molecular weight is 317 g/mol. The summed E-state index contributed by atoms with van der Waals surface area (Å²) in [5, 5.41) is 0. The van der Waals surface area contributed by atoms with Crippen LogP contribution in [0.3, 0.4) is 0 Å². The van der Waals surface area contributed by atoms with Gasteiger partial charge >= 0.3 is 0 Å². The van der Waals surface area contributed by atoms with E-state index in [2.05, 4.69) is 9.71 Å². The van der Waals surface area contributed by atoms with E-state index in [9.17, 15) is 12.6 Å². The summed E-state index contributed by atoms with van der Waals surface area (Å²) in [4.78, 5) is 3.85. The smallest absolute Gasteiger partial charge is 0.251 e. The SMILES string of the molecule is Cc1nc(Cl)sc1S(=O)(=O)NCCCS(C)=O. The summed E-state index contributed by atoms with van der Waals surface area (Å²) in [6, 6.07) is 0. The Balaban J connectivity index is 2.63. The van der Waals surface area contributed by atoms with Crippen molar-refractivity contribution in [2.24, 2.45) is 0 Å². The van der Waals surface area contributed by atoms with Gasteiger partial charge in [0.25, 0.3) is 10.0 Å². The molecule has 1 aromatic rings. The number of nitrogens with zero attached hydrogens (tertiary/aromatic N) is 1. The van der Waals surface area contributed by atoms with Gasteiger partial charge in [-0.2, -0.15) is 0 Å². The van der Waals surface area contributed by atoms with Gasteiger partial charge in [-0.3, -0.25) is 4.21 Å². The van der Waals surface area contributed by atoms with Gasteiger partial charge in [-0.1, -0.05) is 22.9 Å². The van der Waals surface area contributed by atoms with Crippen molar-refractivity contribution in [1.82, 2.24) is 9.71 Å². The van der Waals surface area contributed by atoms with Crippen molar-refractivity contribution in [3.8, 4) is 0 Å². The minimum atomic E-state index is -3.55. The molecule has 0 aliphatic heterocycles. The lowest BCUT2D eigenvalue weighted by molar-refractivity contribution is 0.582. The molecule has 1 rings (SSSR count). The fraction of sp³-hybridized carbons (Fsp3) is 0.625. The lowest BCUT2D eigenvalue weighted by Crippen LogP contribution is -2.25. The van der Waals surface area contributed by atoms with Crippen molar-refractivity contribution in [3.63, 3.8) is 0 Å². The van der Waals surface area contributed by atoms with Gasteiger partial charge in [-0.15, -0.1) is 0 Å². The van der Waals surface area contributed by atoms with Crippen molar-refractivity contribution in [3.05, 3.63) is 10.2 Å². The zero-order chi connectivity index (χ0) is 13.1. The predicted molar refractivity (Wildman–Crippen MR) is 70.6 cm³/mol. The molecule has 98 valence electrons. The van der Waals surface area contributed by atoms with E-state index in [1.54, 1.807) is 13.2 Å². The molecule has 1 N–H and O–H groups in total. The maximum absolute atomic E-state index is 11.8. The number of sulfonamides is 1. The van der Waals surface area contributed by atoms with Crippen LogP contribution in [0, 0.1) is 6.92 Å². The van der Waals surface area contributed by atoms with Crippen LogP contribution in [0.5, 0.6) is 0 Å². The first-order valence-electron chi connectivity index (χ1n) is 4.75. The topological polar surface area (TPSA) is 76.1 Å². The van der Waals surface area contributed by atoms with Crippen molar-refractivity contribution < 1.29 is 12.6 Å².